The van der Waals surface area contributed by atoms with Crippen molar-refractivity contribution in [1.82, 2.24) is 0 Å². The number of rotatable bonds is 1. The highest BCUT2D eigenvalue weighted by molar-refractivity contribution is 5.77. The molecule has 1 rings (SSSR count). The first-order valence-corrected chi connectivity index (χ1v) is 3.62. The van der Waals surface area contributed by atoms with E-state index in [1.165, 1.54) is 6.92 Å². The predicted molar refractivity (Wildman–Crippen MR) is 47.3 cm³/mol. The molecule has 1 atom stereocenters. The summed E-state index contributed by atoms with van der Waals surface area (Å²) in [5.41, 5.74) is 4.55. The minimum atomic E-state index is -1.01. The van der Waals surface area contributed by atoms with E-state index in [-0.39, 0.29) is 0 Å². The van der Waals surface area contributed by atoms with Crippen LogP contribution in [-0.4, -0.2) is 17.1 Å². The van der Waals surface area contributed by atoms with Gasteiger partial charge in [-0.3, -0.25) is 4.79 Å². The van der Waals surface area contributed by atoms with Crippen molar-refractivity contribution in [1.29, 1.82) is 0 Å². The second-order valence-corrected chi connectivity index (χ2v) is 2.23. The largest absolute Gasteiger partial charge is 0.384 e. The normalized spacial score (nSPS) is 10.8. The smallest absolute Gasteiger partial charge is 0.245 e. The van der Waals surface area contributed by atoms with Crippen molar-refractivity contribution in [3.8, 4) is 0 Å². The monoisotopic (exact) mass is 167 g/mol. The fourth-order valence-corrected chi connectivity index (χ4v) is 0.385. The van der Waals surface area contributed by atoms with Crippen LogP contribution in [0.2, 0.25) is 0 Å². The van der Waals surface area contributed by atoms with Gasteiger partial charge in [0.05, 0.1) is 0 Å². The Morgan fingerprint density at radius 2 is 1.33 bits per heavy atom. The van der Waals surface area contributed by atoms with Crippen LogP contribution in [0.1, 0.15) is 6.92 Å². The Morgan fingerprint density at radius 1 is 1.17 bits per heavy atom. The number of nitrogens with two attached hydrogens (primary N) is 1. The molecular formula is C9H13NO2. The van der Waals surface area contributed by atoms with Crippen LogP contribution in [0.5, 0.6) is 0 Å². The molecular weight excluding hydrogens is 154 g/mol. The summed E-state index contributed by atoms with van der Waals surface area (Å²) in [6.45, 7) is 1.32. The molecule has 3 heteroatoms. The topological polar surface area (TPSA) is 63.3 Å². The molecule has 1 aromatic carbocycles. The second kappa shape index (κ2) is 6.37. The molecule has 12 heavy (non-hydrogen) atoms. The van der Waals surface area contributed by atoms with Gasteiger partial charge >= 0.3 is 0 Å². The van der Waals surface area contributed by atoms with E-state index in [0.29, 0.717) is 0 Å². The van der Waals surface area contributed by atoms with Gasteiger partial charge in [-0.05, 0) is 6.92 Å². The lowest BCUT2D eigenvalue weighted by atomic mass is 10.4. The summed E-state index contributed by atoms with van der Waals surface area (Å²) < 4.78 is 0. The summed E-state index contributed by atoms with van der Waals surface area (Å²) in [7, 11) is 0. The number of benzene rings is 1. The molecule has 0 saturated carbocycles. The molecule has 0 fully saturated rings. The fourth-order valence-electron chi connectivity index (χ4n) is 0.385. The molecule has 0 bridgehead atoms. The van der Waals surface area contributed by atoms with Gasteiger partial charge in [-0.15, -0.1) is 0 Å². The van der Waals surface area contributed by atoms with Crippen molar-refractivity contribution in [3.05, 3.63) is 36.4 Å². The van der Waals surface area contributed by atoms with Crippen LogP contribution < -0.4 is 5.73 Å². The SMILES string of the molecule is CC(O)C(N)=O.c1ccccc1. The molecule has 0 radical (unpaired) electrons. The lowest BCUT2D eigenvalue weighted by molar-refractivity contribution is -0.125. The van der Waals surface area contributed by atoms with Crippen molar-refractivity contribution in [2.45, 2.75) is 13.0 Å². The number of amides is 1. The van der Waals surface area contributed by atoms with E-state index in [1.807, 2.05) is 36.4 Å². The van der Waals surface area contributed by atoms with Crippen LogP contribution in [-0.2, 0) is 4.79 Å². The number of carbonyl (C=O) groups is 1. The lowest BCUT2D eigenvalue weighted by Crippen LogP contribution is -2.24. The Morgan fingerprint density at radius 3 is 1.42 bits per heavy atom. The highest BCUT2D eigenvalue weighted by Gasteiger charge is 1.98. The molecule has 0 saturated heterocycles. The zero-order valence-electron chi connectivity index (χ0n) is 6.97. The first-order valence-electron chi connectivity index (χ1n) is 3.62. The maximum absolute atomic E-state index is 9.67. The molecule has 1 unspecified atom stereocenters. The van der Waals surface area contributed by atoms with Crippen molar-refractivity contribution >= 4 is 5.91 Å². The van der Waals surface area contributed by atoms with Crippen LogP contribution in [0.4, 0.5) is 0 Å². The van der Waals surface area contributed by atoms with Crippen LogP contribution in [0, 0.1) is 0 Å². The van der Waals surface area contributed by atoms with Gasteiger partial charge in [-0.1, -0.05) is 36.4 Å². The van der Waals surface area contributed by atoms with Crippen LogP contribution in [0.25, 0.3) is 0 Å². The molecule has 66 valence electrons. The van der Waals surface area contributed by atoms with Crippen molar-refractivity contribution in [3.63, 3.8) is 0 Å². The van der Waals surface area contributed by atoms with E-state index in [0.717, 1.165) is 0 Å². The molecule has 0 spiro atoms. The zero-order valence-corrected chi connectivity index (χ0v) is 6.97. The van der Waals surface area contributed by atoms with E-state index >= 15 is 0 Å². The summed E-state index contributed by atoms with van der Waals surface area (Å²) in [5, 5.41) is 8.16. The predicted octanol–water partition coefficient (Wildman–Crippen LogP) is 0.539. The maximum Gasteiger partial charge on any atom is 0.245 e. The fraction of sp³-hybridized carbons (Fsp3) is 0.222. The van der Waals surface area contributed by atoms with Gasteiger partial charge in [0.15, 0.2) is 0 Å². The summed E-state index contributed by atoms with van der Waals surface area (Å²) >= 11 is 0. The van der Waals surface area contributed by atoms with E-state index in [9.17, 15) is 4.79 Å². The molecule has 1 aromatic rings. The van der Waals surface area contributed by atoms with Crippen molar-refractivity contribution in [2.75, 3.05) is 0 Å². The van der Waals surface area contributed by atoms with Crippen LogP contribution >= 0.6 is 0 Å². The zero-order chi connectivity index (χ0) is 9.40. The summed E-state index contributed by atoms with van der Waals surface area (Å²) in [4.78, 5) is 9.67. The average Bonchev–Trinajstić information content (AvgIpc) is 2.08. The van der Waals surface area contributed by atoms with Crippen molar-refractivity contribution < 1.29 is 9.90 Å². The third-order valence-electron chi connectivity index (χ3n) is 1.08. The summed E-state index contributed by atoms with van der Waals surface area (Å²) in [6.07, 6.45) is -1.01. The number of aliphatic hydroxyl groups excluding tert-OH is 1. The first-order chi connectivity index (χ1) is 5.64. The van der Waals surface area contributed by atoms with Gasteiger partial charge in [0.1, 0.15) is 6.10 Å². The molecule has 0 aliphatic rings. The summed E-state index contributed by atoms with van der Waals surface area (Å²) in [6, 6.07) is 12.0. The van der Waals surface area contributed by atoms with Gasteiger partial charge in [-0.2, -0.15) is 0 Å². The minimum absolute atomic E-state index is 0.685. The third kappa shape index (κ3) is 6.77. The van der Waals surface area contributed by atoms with E-state index < -0.39 is 12.0 Å². The highest BCUT2D eigenvalue weighted by atomic mass is 16.3. The van der Waals surface area contributed by atoms with Gasteiger partial charge in [0, 0.05) is 0 Å². The van der Waals surface area contributed by atoms with Gasteiger partial charge in [0.2, 0.25) is 5.91 Å². The lowest BCUT2D eigenvalue weighted by Gasteiger charge is -1.90. The quantitative estimate of drug-likeness (QED) is 0.641. The molecule has 0 aliphatic carbocycles. The molecule has 3 N–H and O–H groups in total. The Kier molecular flexibility index (Phi) is 5.65. The van der Waals surface area contributed by atoms with E-state index in [1.54, 1.807) is 0 Å². The molecule has 1 amide bonds. The molecule has 0 aliphatic heterocycles. The third-order valence-corrected chi connectivity index (χ3v) is 1.08. The Labute approximate surface area is 71.8 Å². The number of primary amides is 1. The molecule has 0 aromatic heterocycles. The highest BCUT2D eigenvalue weighted by Crippen LogP contribution is 1.79. The molecule has 3 nitrogen and oxygen atoms in total. The van der Waals surface area contributed by atoms with Crippen molar-refractivity contribution in [2.24, 2.45) is 5.73 Å². The molecule has 0 heterocycles. The number of hydrogen-bond acceptors (Lipinski definition) is 2. The minimum Gasteiger partial charge on any atom is -0.384 e. The maximum atomic E-state index is 9.67. The number of hydrogen-bond donors (Lipinski definition) is 2. The van der Waals surface area contributed by atoms with Gasteiger partial charge in [0.25, 0.3) is 0 Å². The Hall–Kier alpha value is -1.35. The average molecular weight is 167 g/mol. The van der Waals surface area contributed by atoms with E-state index in [2.05, 4.69) is 5.73 Å². The Balaban J connectivity index is 0.000000202. The number of carbonyl (C=O) groups excluding carboxylic acids is 1. The van der Waals surface area contributed by atoms with E-state index in [4.69, 9.17) is 5.11 Å². The van der Waals surface area contributed by atoms with Gasteiger partial charge in [-0.25, -0.2) is 0 Å². The van der Waals surface area contributed by atoms with Crippen LogP contribution in [0.15, 0.2) is 36.4 Å². The first kappa shape index (κ1) is 10.7. The Bertz CT molecular complexity index is 182. The number of aliphatic hydroxyl groups is 1. The van der Waals surface area contributed by atoms with Gasteiger partial charge < -0.3 is 10.8 Å². The second-order valence-electron chi connectivity index (χ2n) is 2.23. The van der Waals surface area contributed by atoms with Crippen LogP contribution in [0.3, 0.4) is 0 Å². The standard InChI is InChI=1S/C6H6.C3H7NO2/c1-2-4-6-5-3-1;1-2(5)3(4)6/h1-6H;2,5H,1H3,(H2,4,6). The summed E-state index contributed by atoms with van der Waals surface area (Å²) in [5.74, 6) is -0.685.